The second kappa shape index (κ2) is 20.8. The van der Waals surface area contributed by atoms with Crippen molar-refractivity contribution < 1.29 is 23.3 Å². The predicted molar refractivity (Wildman–Crippen MR) is 243 cm³/mol. The number of halogens is 2. The molecule has 6 aromatic rings. The number of hydrogen-bond donors (Lipinski definition) is 0. The third kappa shape index (κ3) is 11.4. The van der Waals surface area contributed by atoms with Crippen molar-refractivity contribution in [3.8, 4) is 22.3 Å². The van der Waals surface area contributed by atoms with Crippen LogP contribution in [0.3, 0.4) is 0 Å². The Kier molecular flexibility index (Phi) is 18.5. The van der Waals surface area contributed by atoms with E-state index < -0.39 is 0 Å². The average Bonchev–Trinajstić information content (AvgIpc) is 3.92. The van der Waals surface area contributed by atoms with Gasteiger partial charge in [-0.2, -0.15) is 12.1 Å². The van der Waals surface area contributed by atoms with Gasteiger partial charge in [0.2, 0.25) is 0 Å². The van der Waals surface area contributed by atoms with Crippen LogP contribution < -0.4 is 0 Å². The van der Waals surface area contributed by atoms with Crippen LogP contribution in [0.15, 0.2) is 97.1 Å². The molecule has 0 N–H and O–H groups in total. The molecule has 2 radical (unpaired) electrons. The standard InChI is InChI=1S/2C24H27.2CH3.2ClH.Si.Zr/c2*1-4-8-24(9-10-24)16-19-14-20-6-5-7-22(23(20)15-19)21-12-17(2)11-18(3)13-21;;;;;;/h2*5-7,11-15H,4,8-10,16H2,1-3H3;2*1H3;2*1H;;/q4*-1;;;;. The van der Waals surface area contributed by atoms with Crippen LogP contribution in [0.4, 0.5) is 0 Å². The Hall–Kier alpha value is -2.22. The SMILES string of the molecule is CCCC1(Cc2cc3c(-c4cc(C)cc(C)c4)cccc3[cH-]2)CC1.CCCC1(Cc2cc3c(-c4cc(C)cc(C)c4)cccc3[cH-]2)CC1.Cl.Cl.[CH3-].[CH3-].[Si]=[Zr]. The van der Waals surface area contributed by atoms with Gasteiger partial charge in [0.25, 0.3) is 0 Å². The van der Waals surface area contributed by atoms with Gasteiger partial charge in [-0.3, -0.25) is 0 Å². The molecule has 2 aliphatic carbocycles. The van der Waals surface area contributed by atoms with E-state index in [1.807, 2.05) is 0 Å². The molecular weight excluding hydrogens is 791 g/mol. The van der Waals surface area contributed by atoms with Crippen molar-refractivity contribution in [1.29, 1.82) is 0 Å². The Labute approximate surface area is 358 Å². The van der Waals surface area contributed by atoms with Crippen LogP contribution in [0.2, 0.25) is 0 Å². The summed E-state index contributed by atoms with van der Waals surface area (Å²) < 4.78 is 0. The van der Waals surface area contributed by atoms with Gasteiger partial charge in [0.1, 0.15) is 0 Å². The van der Waals surface area contributed by atoms with E-state index in [0.717, 1.165) is 0 Å². The van der Waals surface area contributed by atoms with Crippen molar-refractivity contribution in [3.05, 3.63) is 145 Å². The molecule has 2 fully saturated rings. The second-order valence-electron chi connectivity index (χ2n) is 16.0. The van der Waals surface area contributed by atoms with Crippen LogP contribution in [-0.2, 0) is 36.2 Å². The summed E-state index contributed by atoms with van der Waals surface area (Å²) in [4.78, 5) is 0. The van der Waals surface area contributed by atoms with Crippen LogP contribution >= 0.6 is 24.8 Å². The molecule has 4 heteroatoms. The first-order valence-electron chi connectivity index (χ1n) is 19.0. The first-order valence-corrected chi connectivity index (χ1v) is 23.1. The Morgan fingerprint density at radius 2 is 0.870 bits per heavy atom. The van der Waals surface area contributed by atoms with Crippen LogP contribution in [0, 0.1) is 53.4 Å². The zero-order chi connectivity index (χ0) is 35.5. The molecule has 0 unspecified atom stereocenters. The average molecular weight is 853 g/mol. The zero-order valence-corrected chi connectivity index (χ0v) is 39.2. The fraction of sp³-hybridized carbons (Fsp3) is 0.360. The van der Waals surface area contributed by atoms with E-state index in [9.17, 15) is 0 Å². The molecule has 0 amide bonds. The second-order valence-corrected chi connectivity index (χ2v) is 16.0. The molecule has 2 aliphatic rings. The normalized spacial score (nSPS) is 14.1. The molecule has 6 aromatic carbocycles. The zero-order valence-electron chi connectivity index (χ0n) is 34.1. The van der Waals surface area contributed by atoms with Crippen LogP contribution in [0.1, 0.15) is 98.6 Å². The first kappa shape index (κ1) is 47.9. The minimum absolute atomic E-state index is 0. The van der Waals surface area contributed by atoms with Crippen LogP contribution in [0.5, 0.6) is 0 Å². The van der Waals surface area contributed by atoms with E-state index in [2.05, 4.69) is 145 Å². The van der Waals surface area contributed by atoms with Crippen molar-refractivity contribution in [2.45, 2.75) is 106 Å². The summed E-state index contributed by atoms with van der Waals surface area (Å²) in [6, 6.07) is 37.0. The van der Waals surface area contributed by atoms with E-state index >= 15 is 0 Å². The van der Waals surface area contributed by atoms with Crippen molar-refractivity contribution in [1.82, 2.24) is 0 Å². The molecule has 8 rings (SSSR count). The van der Waals surface area contributed by atoms with Crippen molar-refractivity contribution in [3.63, 3.8) is 0 Å². The van der Waals surface area contributed by atoms with Gasteiger partial charge in [0, 0.05) is 0 Å². The Balaban J connectivity index is 0.000000334. The summed E-state index contributed by atoms with van der Waals surface area (Å²) in [7, 11) is 0. The number of rotatable bonds is 10. The van der Waals surface area contributed by atoms with Gasteiger partial charge in [-0.15, -0.1) is 93.9 Å². The molecule has 0 heterocycles. The quantitative estimate of drug-likeness (QED) is 0.0951. The minimum atomic E-state index is 0. The molecule has 0 spiro atoms. The molecule has 0 aliphatic heterocycles. The maximum absolute atomic E-state index is 3.06. The van der Waals surface area contributed by atoms with Crippen molar-refractivity contribution in [2.24, 2.45) is 10.8 Å². The maximum atomic E-state index is 3.06. The van der Waals surface area contributed by atoms with Gasteiger partial charge >= 0.3 is 30.2 Å². The monoisotopic (exact) mass is 850 g/mol. The summed E-state index contributed by atoms with van der Waals surface area (Å²) in [6.07, 6.45) is 13.6. The van der Waals surface area contributed by atoms with Gasteiger partial charge in [-0.25, -0.2) is 0 Å². The van der Waals surface area contributed by atoms with Crippen LogP contribution in [0.25, 0.3) is 43.8 Å². The summed E-state index contributed by atoms with van der Waals surface area (Å²) in [6.45, 7) is 16.5. The van der Waals surface area contributed by atoms with E-state index in [4.69, 9.17) is 0 Å². The topological polar surface area (TPSA) is 0 Å². The molecule has 0 saturated heterocycles. The molecule has 0 atom stereocenters. The molecule has 0 bridgehead atoms. The molecular formula is C50H62Cl2SiZr-4. The van der Waals surface area contributed by atoms with Gasteiger partial charge in [0.15, 0.2) is 0 Å². The Bertz CT molecular complexity index is 1900. The van der Waals surface area contributed by atoms with Gasteiger partial charge < -0.3 is 14.9 Å². The number of hydrogen-bond acceptors (Lipinski definition) is 0. The molecule has 2 saturated carbocycles. The van der Waals surface area contributed by atoms with Gasteiger partial charge in [-0.1, -0.05) is 109 Å². The van der Waals surface area contributed by atoms with E-state index in [1.54, 1.807) is 0 Å². The fourth-order valence-electron chi connectivity index (χ4n) is 8.87. The summed E-state index contributed by atoms with van der Waals surface area (Å²) in [5.74, 6) is 0. The van der Waals surface area contributed by atoms with Gasteiger partial charge in [-0.05, 0) is 101 Å². The van der Waals surface area contributed by atoms with Crippen molar-refractivity contribution in [2.75, 3.05) is 0 Å². The van der Waals surface area contributed by atoms with E-state index in [1.165, 1.54) is 165 Å². The molecule has 0 nitrogen and oxygen atoms in total. The number of aryl methyl sites for hydroxylation is 4. The Morgan fingerprint density at radius 3 is 1.17 bits per heavy atom. The van der Waals surface area contributed by atoms with Crippen LogP contribution in [-0.4, -0.2) is 6.88 Å². The summed E-state index contributed by atoms with van der Waals surface area (Å²) in [5, 5.41) is 5.64. The summed E-state index contributed by atoms with van der Waals surface area (Å²) >= 11 is 1.36. The third-order valence-electron chi connectivity index (χ3n) is 11.3. The van der Waals surface area contributed by atoms with Gasteiger partial charge in [0.05, 0.1) is 0 Å². The Morgan fingerprint density at radius 1 is 0.537 bits per heavy atom. The fourth-order valence-corrected chi connectivity index (χ4v) is 8.87. The number of benzene rings is 4. The van der Waals surface area contributed by atoms with Crippen molar-refractivity contribution >= 4 is 53.2 Å². The molecule has 0 aromatic heterocycles. The number of fused-ring (bicyclic) bond motifs is 2. The first-order chi connectivity index (χ1) is 24.2. The third-order valence-corrected chi connectivity index (χ3v) is 11.3. The van der Waals surface area contributed by atoms with E-state index in [0.29, 0.717) is 10.8 Å². The van der Waals surface area contributed by atoms with E-state index in [-0.39, 0.29) is 39.7 Å². The molecule has 288 valence electrons. The summed E-state index contributed by atoms with van der Waals surface area (Å²) in [5.41, 5.74) is 15.1. The molecule has 54 heavy (non-hydrogen) atoms. The predicted octanol–water partition coefficient (Wildman–Crippen LogP) is 15.3.